The van der Waals surface area contributed by atoms with Crippen LogP contribution in [0, 0.1) is 0 Å². The Balaban J connectivity index is 4.08. The van der Waals surface area contributed by atoms with E-state index in [4.69, 9.17) is 0 Å². The summed E-state index contributed by atoms with van der Waals surface area (Å²) >= 11 is 0. The molecule has 0 radical (unpaired) electrons. The molecule has 2 heteroatoms. The van der Waals surface area contributed by atoms with Gasteiger partial charge in [0.1, 0.15) is 0 Å². The van der Waals surface area contributed by atoms with Crippen LogP contribution in [0.2, 0.25) is 0 Å². The number of nitrogens with one attached hydrogen (secondary N) is 1. The average Bonchev–Trinajstić information content (AvgIpc) is 2.05. The van der Waals surface area contributed by atoms with Crippen LogP contribution >= 0.6 is 0 Å². The molecule has 80 valence electrons. The molecule has 1 unspecified atom stereocenters. The fourth-order valence-electron chi connectivity index (χ4n) is 1.70. The Bertz CT molecular complexity index is 109. The molecule has 0 saturated heterocycles. The van der Waals surface area contributed by atoms with Gasteiger partial charge in [-0.05, 0) is 41.2 Å². The molecule has 0 aliphatic rings. The molecule has 0 bridgehead atoms. The Morgan fingerprint density at radius 3 is 1.77 bits per heavy atom. The molecule has 0 saturated carbocycles. The molecule has 0 aliphatic heterocycles. The molecule has 0 fully saturated rings. The molecule has 0 rings (SSSR count). The van der Waals surface area contributed by atoms with Gasteiger partial charge < -0.3 is 5.32 Å². The van der Waals surface area contributed by atoms with E-state index in [0.717, 1.165) is 6.54 Å². The van der Waals surface area contributed by atoms with Crippen LogP contribution in [-0.2, 0) is 0 Å². The van der Waals surface area contributed by atoms with E-state index in [1.54, 1.807) is 0 Å². The Morgan fingerprint density at radius 1 is 1.08 bits per heavy atom. The van der Waals surface area contributed by atoms with Crippen LogP contribution in [0.5, 0.6) is 0 Å². The van der Waals surface area contributed by atoms with Crippen LogP contribution in [0.15, 0.2) is 0 Å². The van der Waals surface area contributed by atoms with E-state index >= 15 is 0 Å². The summed E-state index contributed by atoms with van der Waals surface area (Å²) in [4.78, 5) is 2.53. The third-order valence-electron chi connectivity index (χ3n) is 2.66. The lowest BCUT2D eigenvalue weighted by Crippen LogP contribution is -2.45. The van der Waals surface area contributed by atoms with Gasteiger partial charge in [-0.15, -0.1) is 0 Å². The third-order valence-corrected chi connectivity index (χ3v) is 2.66. The monoisotopic (exact) mass is 186 g/mol. The second-order valence-corrected chi connectivity index (χ2v) is 4.28. The number of rotatable bonds is 6. The van der Waals surface area contributed by atoms with Crippen molar-refractivity contribution in [1.29, 1.82) is 0 Å². The molecule has 0 amide bonds. The Hall–Kier alpha value is -0.0800. The van der Waals surface area contributed by atoms with E-state index in [2.05, 4.69) is 44.8 Å². The van der Waals surface area contributed by atoms with E-state index in [-0.39, 0.29) is 0 Å². The van der Waals surface area contributed by atoms with Gasteiger partial charge in [-0.1, -0.05) is 6.92 Å². The van der Waals surface area contributed by atoms with Crippen molar-refractivity contribution in [3.8, 4) is 0 Å². The quantitative estimate of drug-likeness (QED) is 0.683. The topological polar surface area (TPSA) is 15.3 Å². The maximum absolute atomic E-state index is 3.35. The lowest BCUT2D eigenvalue weighted by Gasteiger charge is -2.33. The maximum atomic E-state index is 3.35. The molecule has 1 atom stereocenters. The zero-order valence-electron chi connectivity index (χ0n) is 10.1. The highest BCUT2D eigenvalue weighted by Gasteiger charge is 2.16. The Labute approximate surface area is 83.7 Å². The zero-order valence-corrected chi connectivity index (χ0v) is 10.1. The Kier molecular flexibility index (Phi) is 6.35. The van der Waals surface area contributed by atoms with Gasteiger partial charge in [0.05, 0.1) is 0 Å². The number of hydrogen-bond acceptors (Lipinski definition) is 2. The van der Waals surface area contributed by atoms with Crippen molar-refractivity contribution in [2.45, 2.75) is 59.2 Å². The van der Waals surface area contributed by atoms with Crippen molar-refractivity contribution in [3.05, 3.63) is 0 Å². The summed E-state index contributed by atoms with van der Waals surface area (Å²) in [6, 6.07) is 1.91. The highest BCUT2D eigenvalue weighted by atomic mass is 15.2. The standard InChI is InChI=1S/C11H26N2/c1-7-11(12-6)8-13(9(2)3)10(4)5/h9-12H,7-8H2,1-6H3. The number of likely N-dealkylation sites (N-methyl/N-ethyl adjacent to an activating group) is 1. The van der Waals surface area contributed by atoms with E-state index < -0.39 is 0 Å². The van der Waals surface area contributed by atoms with E-state index in [9.17, 15) is 0 Å². The van der Waals surface area contributed by atoms with Crippen molar-refractivity contribution < 1.29 is 0 Å². The summed E-state index contributed by atoms with van der Waals surface area (Å²) in [6.45, 7) is 12.5. The number of hydrogen-bond donors (Lipinski definition) is 1. The summed E-state index contributed by atoms with van der Waals surface area (Å²) in [7, 11) is 2.05. The normalized spacial score (nSPS) is 14.5. The molecular formula is C11H26N2. The summed E-state index contributed by atoms with van der Waals surface area (Å²) in [5.41, 5.74) is 0. The smallest absolute Gasteiger partial charge is 0.0189 e. The van der Waals surface area contributed by atoms with Crippen LogP contribution in [0.1, 0.15) is 41.0 Å². The summed E-state index contributed by atoms with van der Waals surface area (Å²) in [5.74, 6) is 0. The fraction of sp³-hybridized carbons (Fsp3) is 1.00. The highest BCUT2D eigenvalue weighted by Crippen LogP contribution is 2.07. The predicted octanol–water partition coefficient (Wildman–Crippen LogP) is 2.10. The first kappa shape index (κ1) is 12.9. The van der Waals surface area contributed by atoms with Gasteiger partial charge in [-0.2, -0.15) is 0 Å². The van der Waals surface area contributed by atoms with Gasteiger partial charge in [-0.25, -0.2) is 0 Å². The van der Waals surface area contributed by atoms with Gasteiger partial charge in [0.2, 0.25) is 0 Å². The van der Waals surface area contributed by atoms with Crippen LogP contribution in [0.3, 0.4) is 0 Å². The molecule has 0 aromatic carbocycles. The van der Waals surface area contributed by atoms with Crippen molar-refractivity contribution in [3.63, 3.8) is 0 Å². The van der Waals surface area contributed by atoms with Gasteiger partial charge in [0, 0.05) is 24.7 Å². The van der Waals surface area contributed by atoms with Crippen molar-refractivity contribution in [1.82, 2.24) is 10.2 Å². The molecule has 0 aliphatic carbocycles. The fourth-order valence-corrected chi connectivity index (χ4v) is 1.70. The molecule has 2 nitrogen and oxygen atoms in total. The largest absolute Gasteiger partial charge is 0.316 e. The van der Waals surface area contributed by atoms with Gasteiger partial charge >= 0.3 is 0 Å². The van der Waals surface area contributed by atoms with Crippen LogP contribution in [0.25, 0.3) is 0 Å². The summed E-state index contributed by atoms with van der Waals surface area (Å²) < 4.78 is 0. The third kappa shape index (κ3) is 4.63. The second kappa shape index (κ2) is 6.39. The van der Waals surface area contributed by atoms with Crippen LogP contribution < -0.4 is 5.32 Å². The van der Waals surface area contributed by atoms with Crippen molar-refractivity contribution >= 4 is 0 Å². The molecule has 0 aromatic heterocycles. The molecule has 13 heavy (non-hydrogen) atoms. The zero-order chi connectivity index (χ0) is 10.4. The van der Waals surface area contributed by atoms with Gasteiger partial charge in [-0.3, -0.25) is 4.90 Å². The van der Waals surface area contributed by atoms with E-state index in [1.165, 1.54) is 6.42 Å². The SMILES string of the molecule is CCC(CN(C(C)C)C(C)C)NC. The second-order valence-electron chi connectivity index (χ2n) is 4.28. The summed E-state index contributed by atoms with van der Waals surface area (Å²) in [5, 5.41) is 3.35. The van der Waals surface area contributed by atoms with Gasteiger partial charge in [0.25, 0.3) is 0 Å². The minimum absolute atomic E-state index is 0.629. The van der Waals surface area contributed by atoms with Gasteiger partial charge in [0.15, 0.2) is 0 Å². The van der Waals surface area contributed by atoms with E-state index in [1.807, 2.05) is 7.05 Å². The van der Waals surface area contributed by atoms with E-state index in [0.29, 0.717) is 18.1 Å². The molecule has 0 aromatic rings. The highest BCUT2D eigenvalue weighted by molar-refractivity contribution is 4.74. The first-order valence-electron chi connectivity index (χ1n) is 5.45. The molecular weight excluding hydrogens is 160 g/mol. The molecule has 1 N–H and O–H groups in total. The minimum atomic E-state index is 0.629. The molecule has 0 spiro atoms. The van der Waals surface area contributed by atoms with Crippen molar-refractivity contribution in [2.75, 3.05) is 13.6 Å². The minimum Gasteiger partial charge on any atom is -0.316 e. The lowest BCUT2D eigenvalue weighted by atomic mass is 10.1. The lowest BCUT2D eigenvalue weighted by molar-refractivity contribution is 0.156. The van der Waals surface area contributed by atoms with Crippen LogP contribution in [0.4, 0.5) is 0 Å². The average molecular weight is 186 g/mol. The first-order chi connectivity index (χ1) is 6.02. The Morgan fingerprint density at radius 2 is 1.54 bits per heavy atom. The molecule has 0 heterocycles. The number of nitrogens with zero attached hydrogens (tertiary/aromatic N) is 1. The maximum Gasteiger partial charge on any atom is 0.0189 e. The predicted molar refractivity (Wildman–Crippen MR) is 60.1 cm³/mol. The summed E-state index contributed by atoms with van der Waals surface area (Å²) in [6.07, 6.45) is 1.20. The first-order valence-corrected chi connectivity index (χ1v) is 5.45. The van der Waals surface area contributed by atoms with Crippen molar-refractivity contribution in [2.24, 2.45) is 0 Å². The van der Waals surface area contributed by atoms with Crippen LogP contribution in [-0.4, -0.2) is 36.6 Å².